The van der Waals surface area contributed by atoms with Crippen molar-refractivity contribution in [2.24, 2.45) is 5.73 Å². The van der Waals surface area contributed by atoms with E-state index in [0.29, 0.717) is 43.9 Å². The Labute approximate surface area is 235 Å². The number of carbonyl (C=O) groups is 3. The summed E-state index contributed by atoms with van der Waals surface area (Å²) in [6, 6.07) is 15.5. The van der Waals surface area contributed by atoms with Gasteiger partial charge in [-0.1, -0.05) is 36.4 Å². The number of nitrogens with one attached hydrogen (secondary N) is 2. The third kappa shape index (κ3) is 6.23. The van der Waals surface area contributed by atoms with Gasteiger partial charge in [0.25, 0.3) is 0 Å². The summed E-state index contributed by atoms with van der Waals surface area (Å²) in [6.07, 6.45) is 2.35. The quantitative estimate of drug-likeness (QED) is 0.402. The minimum atomic E-state index is -3.46. The zero-order valence-electron chi connectivity index (χ0n) is 23.1. The first-order valence-electron chi connectivity index (χ1n) is 13.2. The molecule has 2 aliphatic heterocycles. The minimum Gasteiger partial charge on any atom is -0.491 e. The van der Waals surface area contributed by atoms with Crippen LogP contribution < -0.4 is 25.4 Å². The van der Waals surface area contributed by atoms with Gasteiger partial charge in [0.15, 0.2) is 0 Å². The summed E-state index contributed by atoms with van der Waals surface area (Å²) in [5, 5.41) is 5.33. The summed E-state index contributed by atoms with van der Waals surface area (Å²) in [5.74, 6) is -0.811. The number of ether oxygens (including phenoxy) is 1. The normalized spacial score (nSPS) is 17.2. The molecule has 2 aliphatic rings. The molecule has 0 unspecified atom stereocenters. The number of carbonyl (C=O) groups excluding carboxylic acids is 3. The van der Waals surface area contributed by atoms with Crippen LogP contribution in [-0.2, 0) is 29.8 Å². The summed E-state index contributed by atoms with van der Waals surface area (Å²) < 4.78 is 32.3. The molecule has 1 saturated heterocycles. The first kappa shape index (κ1) is 29.3. The lowest BCUT2D eigenvalue weighted by molar-refractivity contribution is -0.140. The fourth-order valence-electron chi connectivity index (χ4n) is 5.35. The Bertz CT molecular complexity index is 1360. The van der Waals surface area contributed by atoms with Gasteiger partial charge in [0, 0.05) is 25.0 Å². The molecule has 1 atom stereocenters. The predicted octanol–water partition coefficient (Wildman–Crippen LogP) is 0.744. The van der Waals surface area contributed by atoms with Crippen LogP contribution in [0.15, 0.2) is 54.6 Å². The Morgan fingerprint density at radius 2 is 1.68 bits per heavy atom. The van der Waals surface area contributed by atoms with Gasteiger partial charge in [-0.3, -0.25) is 18.7 Å². The lowest BCUT2D eigenvalue weighted by Crippen LogP contribution is -2.61. The molecule has 216 valence electrons. The Balaban J connectivity index is 1.50. The molecule has 0 aromatic heterocycles. The zero-order chi connectivity index (χ0) is 29.1. The molecule has 2 aromatic rings. The second-order valence-electron chi connectivity index (χ2n) is 10.9. The highest BCUT2D eigenvalue weighted by molar-refractivity contribution is 7.92. The number of hydrogen-bond acceptors (Lipinski definition) is 7. The number of piperidine rings is 1. The van der Waals surface area contributed by atoms with E-state index < -0.39 is 38.8 Å². The molecule has 2 heterocycles. The van der Waals surface area contributed by atoms with E-state index in [0.717, 1.165) is 5.56 Å². The van der Waals surface area contributed by atoms with Crippen molar-refractivity contribution in [2.75, 3.05) is 43.3 Å². The number of rotatable bonds is 9. The van der Waals surface area contributed by atoms with Crippen LogP contribution in [0.25, 0.3) is 0 Å². The van der Waals surface area contributed by atoms with E-state index >= 15 is 0 Å². The highest BCUT2D eigenvalue weighted by Gasteiger charge is 2.48. The highest BCUT2D eigenvalue weighted by atomic mass is 32.2. The van der Waals surface area contributed by atoms with E-state index in [4.69, 9.17) is 10.5 Å². The SMILES string of the molecule is CC(C)(NC(=O)CN)C(=O)N[C@H](COc1ccccc1)C(=O)N1CCC2(CC1)CN(S(C)(=O)=O)c1ccccc12. The molecule has 4 N–H and O–H groups in total. The number of sulfonamides is 1. The average molecular weight is 572 g/mol. The first-order valence-corrected chi connectivity index (χ1v) is 15.1. The summed E-state index contributed by atoms with van der Waals surface area (Å²) in [4.78, 5) is 40.4. The molecule has 0 radical (unpaired) electrons. The van der Waals surface area contributed by atoms with E-state index in [2.05, 4.69) is 10.6 Å². The standard InChI is InChI=1S/C28H37N5O6S/c1-27(2,31-24(34)17-29)26(36)30-22(18-39-20-9-5-4-6-10-20)25(35)32-15-13-28(14-16-32)19-33(40(3,37)38)23-12-8-7-11-21(23)28/h4-12,22H,13-19,29H2,1-3H3,(H,30,36)(H,31,34)/t22-/m1/s1. The molecule has 3 amide bonds. The van der Waals surface area contributed by atoms with Crippen molar-refractivity contribution in [3.63, 3.8) is 0 Å². The summed E-state index contributed by atoms with van der Waals surface area (Å²) in [5.41, 5.74) is 5.34. The molecule has 40 heavy (non-hydrogen) atoms. The van der Waals surface area contributed by atoms with Gasteiger partial charge in [0.05, 0.1) is 18.5 Å². The second-order valence-corrected chi connectivity index (χ2v) is 12.8. The number of para-hydroxylation sites is 2. The van der Waals surface area contributed by atoms with Gasteiger partial charge in [0.1, 0.15) is 23.9 Å². The van der Waals surface area contributed by atoms with E-state index in [1.54, 1.807) is 29.2 Å². The maximum Gasteiger partial charge on any atom is 0.248 e. The third-order valence-electron chi connectivity index (χ3n) is 7.59. The Morgan fingerprint density at radius 1 is 1.05 bits per heavy atom. The van der Waals surface area contributed by atoms with Gasteiger partial charge in [0.2, 0.25) is 27.7 Å². The van der Waals surface area contributed by atoms with E-state index in [-0.39, 0.29) is 19.1 Å². The lowest BCUT2D eigenvalue weighted by atomic mass is 9.74. The van der Waals surface area contributed by atoms with E-state index in [9.17, 15) is 22.8 Å². The van der Waals surface area contributed by atoms with Crippen LogP contribution in [0.1, 0.15) is 32.3 Å². The molecule has 11 nitrogen and oxygen atoms in total. The van der Waals surface area contributed by atoms with E-state index in [1.165, 1.54) is 24.4 Å². The van der Waals surface area contributed by atoms with Crippen LogP contribution in [0.3, 0.4) is 0 Å². The van der Waals surface area contributed by atoms with Crippen molar-refractivity contribution in [2.45, 2.75) is 43.7 Å². The molecule has 1 fully saturated rings. The van der Waals surface area contributed by atoms with Crippen LogP contribution in [0.2, 0.25) is 0 Å². The molecule has 0 saturated carbocycles. The molecule has 0 bridgehead atoms. The van der Waals surface area contributed by atoms with Crippen molar-refractivity contribution in [3.05, 3.63) is 60.2 Å². The van der Waals surface area contributed by atoms with Crippen LogP contribution >= 0.6 is 0 Å². The lowest BCUT2D eigenvalue weighted by Gasteiger charge is -2.41. The number of likely N-dealkylation sites (tertiary alicyclic amines) is 1. The number of nitrogens with zero attached hydrogens (tertiary/aromatic N) is 2. The Kier molecular flexibility index (Phi) is 8.41. The molecule has 12 heteroatoms. The molecule has 2 aromatic carbocycles. The summed E-state index contributed by atoms with van der Waals surface area (Å²) in [7, 11) is -3.46. The zero-order valence-corrected chi connectivity index (χ0v) is 23.9. The number of anilines is 1. The first-order chi connectivity index (χ1) is 18.9. The molecule has 1 spiro atoms. The van der Waals surface area contributed by atoms with Gasteiger partial charge in [-0.05, 0) is 50.5 Å². The van der Waals surface area contributed by atoms with E-state index in [1.807, 2.05) is 30.3 Å². The number of benzene rings is 2. The van der Waals surface area contributed by atoms with Crippen LogP contribution in [0.5, 0.6) is 5.75 Å². The number of fused-ring (bicyclic) bond motifs is 2. The van der Waals surface area contributed by atoms with Crippen molar-refractivity contribution in [1.82, 2.24) is 15.5 Å². The van der Waals surface area contributed by atoms with Gasteiger partial charge >= 0.3 is 0 Å². The smallest absolute Gasteiger partial charge is 0.248 e. The molecule has 0 aliphatic carbocycles. The van der Waals surface area contributed by atoms with Crippen LogP contribution in [-0.4, -0.2) is 81.7 Å². The van der Waals surface area contributed by atoms with Crippen molar-refractivity contribution in [1.29, 1.82) is 0 Å². The van der Waals surface area contributed by atoms with Crippen molar-refractivity contribution in [3.8, 4) is 5.75 Å². The minimum absolute atomic E-state index is 0.109. The van der Waals surface area contributed by atoms with Gasteiger partial charge in [-0.25, -0.2) is 8.42 Å². The number of hydrogen-bond donors (Lipinski definition) is 3. The Morgan fingerprint density at radius 3 is 2.30 bits per heavy atom. The van der Waals surface area contributed by atoms with Gasteiger partial charge in [-0.15, -0.1) is 0 Å². The summed E-state index contributed by atoms with van der Waals surface area (Å²) in [6.45, 7) is 3.79. The summed E-state index contributed by atoms with van der Waals surface area (Å²) >= 11 is 0. The van der Waals surface area contributed by atoms with Crippen LogP contribution in [0, 0.1) is 0 Å². The van der Waals surface area contributed by atoms with Crippen LogP contribution in [0.4, 0.5) is 5.69 Å². The third-order valence-corrected chi connectivity index (χ3v) is 8.72. The molecular formula is C28H37N5O6S. The largest absolute Gasteiger partial charge is 0.491 e. The maximum atomic E-state index is 13.8. The molecule has 4 rings (SSSR count). The fourth-order valence-corrected chi connectivity index (χ4v) is 6.35. The van der Waals surface area contributed by atoms with Crippen molar-refractivity contribution < 1.29 is 27.5 Å². The highest BCUT2D eigenvalue weighted by Crippen LogP contribution is 2.47. The molecular weight excluding hydrogens is 534 g/mol. The monoisotopic (exact) mass is 571 g/mol. The number of nitrogens with two attached hydrogens (primary N) is 1. The maximum absolute atomic E-state index is 13.8. The number of amides is 3. The second kappa shape index (κ2) is 11.5. The van der Waals surface area contributed by atoms with Gasteiger partial charge in [-0.2, -0.15) is 0 Å². The fraction of sp³-hybridized carbons (Fsp3) is 0.464. The Hall–Kier alpha value is -3.64. The average Bonchev–Trinajstić information content (AvgIpc) is 3.25. The van der Waals surface area contributed by atoms with Crippen molar-refractivity contribution >= 4 is 33.4 Å². The predicted molar refractivity (Wildman–Crippen MR) is 151 cm³/mol. The topological polar surface area (TPSA) is 151 Å². The van der Waals surface area contributed by atoms with Gasteiger partial charge < -0.3 is 26.0 Å².